The molecular weight excluding hydrogens is 378 g/mol. The third-order valence-corrected chi connectivity index (χ3v) is 5.26. The zero-order chi connectivity index (χ0) is 20.0. The summed E-state index contributed by atoms with van der Waals surface area (Å²) in [6.45, 7) is 6.70. The van der Waals surface area contributed by atoms with Crippen LogP contribution in [0.4, 0.5) is 0 Å². The summed E-state index contributed by atoms with van der Waals surface area (Å²) in [6, 6.07) is 9.18. The average Bonchev–Trinajstić information content (AvgIpc) is 3.20. The molecule has 28 heavy (non-hydrogen) atoms. The van der Waals surface area contributed by atoms with Gasteiger partial charge in [-0.2, -0.15) is 0 Å². The number of hydrogen-bond donors (Lipinski definition) is 0. The van der Waals surface area contributed by atoms with Crippen molar-refractivity contribution in [3.05, 3.63) is 41.5 Å². The Morgan fingerprint density at radius 1 is 1.00 bits per heavy atom. The molecule has 4 rings (SSSR count). The van der Waals surface area contributed by atoms with E-state index in [-0.39, 0.29) is 0 Å². The number of furan rings is 1. The van der Waals surface area contributed by atoms with E-state index < -0.39 is 11.9 Å². The molecule has 0 fully saturated rings. The molecule has 142 valence electrons. The van der Waals surface area contributed by atoms with Crippen LogP contribution in [0.15, 0.2) is 34.7 Å². The Bertz CT molecular complexity index is 1200. The lowest BCUT2D eigenvalue weighted by Crippen LogP contribution is -2.04. The Hall–Kier alpha value is -3.19. The van der Waals surface area contributed by atoms with Crippen LogP contribution in [0.2, 0.25) is 0 Å². The first-order valence-corrected chi connectivity index (χ1v) is 9.45. The molecule has 0 bridgehead atoms. The van der Waals surface area contributed by atoms with Gasteiger partial charge in [-0.05, 0) is 49.2 Å². The molecular formula is C21H17NO5S. The van der Waals surface area contributed by atoms with Crippen LogP contribution >= 0.6 is 11.3 Å². The fraction of sp³-hybridized carbons (Fsp3) is 0.190. The van der Waals surface area contributed by atoms with Crippen molar-refractivity contribution in [2.24, 2.45) is 0 Å². The van der Waals surface area contributed by atoms with Crippen molar-refractivity contribution in [1.82, 2.24) is 4.98 Å². The van der Waals surface area contributed by atoms with Crippen molar-refractivity contribution >= 4 is 44.5 Å². The fourth-order valence-corrected chi connectivity index (χ4v) is 4.12. The molecule has 0 aliphatic carbocycles. The third-order valence-electron chi connectivity index (χ3n) is 4.18. The lowest BCUT2D eigenvalue weighted by atomic mass is 10.1. The summed E-state index contributed by atoms with van der Waals surface area (Å²) in [6.07, 6.45) is 0. The Balaban J connectivity index is 1.91. The highest BCUT2D eigenvalue weighted by Crippen LogP contribution is 2.42. The predicted octanol–water partition coefficient (Wildman–Crippen LogP) is 5.18. The van der Waals surface area contributed by atoms with E-state index in [2.05, 4.69) is 11.1 Å². The van der Waals surface area contributed by atoms with Gasteiger partial charge in [-0.1, -0.05) is 6.07 Å². The number of benzene rings is 2. The van der Waals surface area contributed by atoms with E-state index in [0.29, 0.717) is 32.5 Å². The van der Waals surface area contributed by atoms with Gasteiger partial charge in [-0.15, -0.1) is 11.3 Å². The smallest absolute Gasteiger partial charge is 0.308 e. The monoisotopic (exact) mass is 395 g/mol. The lowest BCUT2D eigenvalue weighted by molar-refractivity contribution is -0.132. The zero-order valence-corrected chi connectivity index (χ0v) is 16.6. The van der Waals surface area contributed by atoms with Crippen molar-refractivity contribution in [3.63, 3.8) is 0 Å². The topological polar surface area (TPSA) is 78.6 Å². The first-order chi connectivity index (χ1) is 13.3. The number of ether oxygens (including phenoxy) is 2. The maximum absolute atomic E-state index is 11.4. The van der Waals surface area contributed by atoms with Gasteiger partial charge >= 0.3 is 11.9 Å². The van der Waals surface area contributed by atoms with Crippen molar-refractivity contribution < 1.29 is 23.5 Å². The summed E-state index contributed by atoms with van der Waals surface area (Å²) >= 11 is 1.31. The number of hydrogen-bond acceptors (Lipinski definition) is 7. The highest BCUT2D eigenvalue weighted by atomic mass is 32.1. The number of aryl methyl sites for hydroxylation is 2. The quantitative estimate of drug-likeness (QED) is 0.351. The molecule has 0 saturated heterocycles. The fourth-order valence-electron chi connectivity index (χ4n) is 3.13. The summed E-state index contributed by atoms with van der Waals surface area (Å²) in [5.41, 5.74) is 3.46. The molecule has 0 amide bonds. The van der Waals surface area contributed by atoms with E-state index in [9.17, 15) is 9.59 Å². The van der Waals surface area contributed by atoms with E-state index in [4.69, 9.17) is 13.9 Å². The Morgan fingerprint density at radius 3 is 2.39 bits per heavy atom. The highest BCUT2D eigenvalue weighted by molar-refractivity contribution is 7.22. The summed E-state index contributed by atoms with van der Waals surface area (Å²) in [7, 11) is 0. The molecule has 0 radical (unpaired) electrons. The van der Waals surface area contributed by atoms with E-state index >= 15 is 0 Å². The average molecular weight is 395 g/mol. The summed E-state index contributed by atoms with van der Waals surface area (Å²) in [4.78, 5) is 27.5. The first kappa shape index (κ1) is 18.2. The molecule has 2 aromatic carbocycles. The minimum Gasteiger partial charge on any atom is -0.454 e. The molecule has 4 aromatic rings. The second-order valence-corrected chi connectivity index (χ2v) is 7.55. The van der Waals surface area contributed by atoms with E-state index in [1.807, 2.05) is 26.0 Å². The van der Waals surface area contributed by atoms with Gasteiger partial charge in [0, 0.05) is 19.2 Å². The largest absolute Gasteiger partial charge is 0.454 e. The van der Waals surface area contributed by atoms with Gasteiger partial charge in [0.15, 0.2) is 22.3 Å². The van der Waals surface area contributed by atoms with Gasteiger partial charge in [0.25, 0.3) is 0 Å². The molecule has 0 unspecified atom stereocenters. The molecule has 0 aliphatic heterocycles. The maximum Gasteiger partial charge on any atom is 0.308 e. The van der Waals surface area contributed by atoms with Crippen LogP contribution in [-0.2, 0) is 9.59 Å². The number of esters is 2. The SMILES string of the molecule is CC(=O)Oc1ccc(OC(C)=O)c2sc(-c3cc4c(C)cc(C)cc4o3)nc12. The van der Waals surface area contributed by atoms with Gasteiger partial charge in [-0.25, -0.2) is 4.98 Å². The van der Waals surface area contributed by atoms with Gasteiger partial charge in [0.1, 0.15) is 15.8 Å². The Labute approximate surface area is 164 Å². The predicted molar refractivity (Wildman–Crippen MR) is 107 cm³/mol. The normalized spacial score (nSPS) is 11.1. The molecule has 6 nitrogen and oxygen atoms in total. The molecule has 2 heterocycles. The number of carbonyl (C=O) groups excluding carboxylic acids is 2. The number of fused-ring (bicyclic) bond motifs is 2. The number of rotatable bonds is 3. The lowest BCUT2D eigenvalue weighted by Gasteiger charge is -2.05. The van der Waals surface area contributed by atoms with Crippen LogP contribution in [-0.4, -0.2) is 16.9 Å². The van der Waals surface area contributed by atoms with Crippen LogP contribution in [0, 0.1) is 13.8 Å². The molecule has 2 aromatic heterocycles. The summed E-state index contributed by atoms with van der Waals surface area (Å²) < 4.78 is 17.2. The van der Waals surface area contributed by atoms with Crippen LogP contribution < -0.4 is 9.47 Å². The number of aromatic nitrogens is 1. The summed E-state index contributed by atoms with van der Waals surface area (Å²) in [5, 5.41) is 1.62. The second kappa shape index (κ2) is 6.76. The molecule has 0 saturated carbocycles. The third kappa shape index (κ3) is 3.25. The van der Waals surface area contributed by atoms with Crippen molar-refractivity contribution in [2.45, 2.75) is 27.7 Å². The molecule has 0 atom stereocenters. The maximum atomic E-state index is 11.4. The number of nitrogens with zero attached hydrogens (tertiary/aromatic N) is 1. The van der Waals surface area contributed by atoms with E-state index in [1.54, 1.807) is 12.1 Å². The van der Waals surface area contributed by atoms with Crippen molar-refractivity contribution in [1.29, 1.82) is 0 Å². The molecule has 0 spiro atoms. The molecule has 0 N–H and O–H groups in total. The van der Waals surface area contributed by atoms with Crippen LogP contribution in [0.1, 0.15) is 25.0 Å². The van der Waals surface area contributed by atoms with Crippen LogP contribution in [0.25, 0.3) is 32.0 Å². The first-order valence-electron chi connectivity index (χ1n) is 8.63. The molecule has 0 aliphatic rings. The van der Waals surface area contributed by atoms with Gasteiger partial charge < -0.3 is 13.9 Å². The minimum absolute atomic E-state index is 0.309. The van der Waals surface area contributed by atoms with Gasteiger partial charge in [-0.3, -0.25) is 9.59 Å². The van der Waals surface area contributed by atoms with Crippen LogP contribution in [0.5, 0.6) is 11.5 Å². The Morgan fingerprint density at radius 2 is 1.68 bits per heavy atom. The Kier molecular flexibility index (Phi) is 4.39. The standard InChI is InChI=1S/C21H17NO5S/c1-10-7-11(2)14-9-18(27-17(14)8-10)21-22-19-15(25-12(3)23)5-6-16(20(19)28-21)26-13(4)24/h5-9H,1-4H3. The summed E-state index contributed by atoms with van der Waals surface area (Å²) in [5.74, 6) is 0.388. The van der Waals surface area contributed by atoms with Crippen molar-refractivity contribution in [2.75, 3.05) is 0 Å². The van der Waals surface area contributed by atoms with Crippen molar-refractivity contribution in [3.8, 4) is 22.3 Å². The van der Waals surface area contributed by atoms with Gasteiger partial charge in [0.05, 0.1) is 0 Å². The number of carbonyl (C=O) groups is 2. The minimum atomic E-state index is -0.453. The zero-order valence-electron chi connectivity index (χ0n) is 15.8. The number of thiazole rings is 1. The van der Waals surface area contributed by atoms with Gasteiger partial charge in [0.2, 0.25) is 0 Å². The second-order valence-electron chi connectivity index (χ2n) is 6.55. The van der Waals surface area contributed by atoms with E-state index in [0.717, 1.165) is 22.1 Å². The highest BCUT2D eigenvalue weighted by Gasteiger charge is 2.20. The molecule has 7 heteroatoms. The van der Waals surface area contributed by atoms with Crippen LogP contribution in [0.3, 0.4) is 0 Å². The van der Waals surface area contributed by atoms with E-state index in [1.165, 1.54) is 25.2 Å².